The lowest BCUT2D eigenvalue weighted by Crippen LogP contribution is -1.99. The third-order valence-corrected chi connectivity index (χ3v) is 2.75. The number of ether oxygens (including phenoxy) is 1. The number of rotatable bonds is 5. The normalized spacial score (nSPS) is 10.9. The molecule has 0 fully saturated rings. The van der Waals surface area contributed by atoms with Crippen molar-refractivity contribution in [1.82, 2.24) is 4.57 Å². The third kappa shape index (κ3) is 2.36. The third-order valence-electron chi connectivity index (χ3n) is 2.75. The molecule has 0 radical (unpaired) electrons. The van der Waals surface area contributed by atoms with E-state index in [1.165, 1.54) is 12.1 Å². The summed E-state index contributed by atoms with van der Waals surface area (Å²) in [5.41, 5.74) is 1.40. The first kappa shape index (κ1) is 11.8. The van der Waals surface area contributed by atoms with Gasteiger partial charge in [0.25, 0.3) is 0 Å². The number of hydrogen-bond donors (Lipinski definition) is 0. The number of carbonyl (C=O) groups excluding carboxylic acids is 1. The molecule has 0 N–H and O–H groups in total. The van der Waals surface area contributed by atoms with Crippen molar-refractivity contribution >= 4 is 17.2 Å². The minimum atomic E-state index is -0.324. The van der Waals surface area contributed by atoms with Gasteiger partial charge in [-0.3, -0.25) is 4.79 Å². The Hall–Kier alpha value is -1.68. The van der Waals surface area contributed by atoms with Gasteiger partial charge < -0.3 is 9.30 Å². The van der Waals surface area contributed by atoms with Crippen molar-refractivity contribution in [2.75, 3.05) is 13.7 Å². The van der Waals surface area contributed by atoms with Crippen molar-refractivity contribution in [3.8, 4) is 0 Å². The topological polar surface area (TPSA) is 31.2 Å². The second-order valence-electron chi connectivity index (χ2n) is 3.90. The summed E-state index contributed by atoms with van der Waals surface area (Å²) in [7, 11) is 1.65. The molecule has 0 saturated carbocycles. The maximum Gasteiger partial charge on any atom is 0.152 e. The molecule has 3 nitrogen and oxygen atoms in total. The van der Waals surface area contributed by atoms with Crippen LogP contribution in [0.2, 0.25) is 0 Å². The van der Waals surface area contributed by atoms with E-state index in [0.717, 1.165) is 24.8 Å². The molecule has 1 aromatic heterocycles. The van der Waals surface area contributed by atoms with E-state index in [1.807, 2.05) is 4.57 Å². The molecule has 0 bridgehead atoms. The first-order chi connectivity index (χ1) is 8.26. The van der Waals surface area contributed by atoms with Crippen molar-refractivity contribution in [2.45, 2.75) is 13.0 Å². The lowest BCUT2D eigenvalue weighted by Gasteiger charge is -2.04. The predicted molar refractivity (Wildman–Crippen MR) is 63.8 cm³/mol. The Bertz CT molecular complexity index is 533. The van der Waals surface area contributed by atoms with E-state index in [1.54, 1.807) is 19.4 Å². The standard InChI is InChI=1S/C13H14FNO2/c1-17-6-2-5-15-8-10(9-16)12-7-11(14)3-4-13(12)15/h3-4,7-9H,2,5-6H2,1H3. The molecule has 2 aromatic rings. The molecule has 0 unspecified atom stereocenters. The van der Waals surface area contributed by atoms with E-state index in [-0.39, 0.29) is 5.82 Å². The van der Waals surface area contributed by atoms with Crippen LogP contribution in [0, 0.1) is 5.82 Å². The highest BCUT2D eigenvalue weighted by Gasteiger charge is 2.08. The summed E-state index contributed by atoms with van der Waals surface area (Å²) in [6.45, 7) is 1.42. The van der Waals surface area contributed by atoms with E-state index >= 15 is 0 Å². The molecular weight excluding hydrogens is 221 g/mol. The van der Waals surface area contributed by atoms with E-state index in [2.05, 4.69) is 0 Å². The van der Waals surface area contributed by atoms with Crippen molar-refractivity contribution in [3.63, 3.8) is 0 Å². The highest BCUT2D eigenvalue weighted by atomic mass is 19.1. The van der Waals surface area contributed by atoms with E-state index in [0.29, 0.717) is 17.6 Å². The van der Waals surface area contributed by atoms with Gasteiger partial charge in [0.05, 0.1) is 0 Å². The molecule has 0 aliphatic rings. The fourth-order valence-electron chi connectivity index (χ4n) is 1.96. The maximum atomic E-state index is 13.1. The van der Waals surface area contributed by atoms with Gasteiger partial charge in [-0.25, -0.2) is 4.39 Å². The minimum absolute atomic E-state index is 0.324. The van der Waals surface area contributed by atoms with Crippen LogP contribution in [0.25, 0.3) is 10.9 Å². The van der Waals surface area contributed by atoms with Crippen LogP contribution in [0.4, 0.5) is 4.39 Å². The zero-order valence-electron chi connectivity index (χ0n) is 9.65. The van der Waals surface area contributed by atoms with Gasteiger partial charge in [0, 0.05) is 42.9 Å². The number of carbonyl (C=O) groups is 1. The lowest BCUT2D eigenvalue weighted by atomic mass is 10.2. The average Bonchev–Trinajstić information content (AvgIpc) is 2.67. The molecule has 2 rings (SSSR count). The van der Waals surface area contributed by atoms with Gasteiger partial charge in [0.15, 0.2) is 6.29 Å². The van der Waals surface area contributed by atoms with E-state index < -0.39 is 0 Å². The molecule has 0 aliphatic heterocycles. The van der Waals surface area contributed by atoms with Gasteiger partial charge in [0.2, 0.25) is 0 Å². The van der Waals surface area contributed by atoms with Crippen LogP contribution in [-0.2, 0) is 11.3 Å². The number of halogens is 1. The van der Waals surface area contributed by atoms with Crippen LogP contribution in [0.1, 0.15) is 16.8 Å². The minimum Gasteiger partial charge on any atom is -0.385 e. The number of hydrogen-bond acceptors (Lipinski definition) is 2. The summed E-state index contributed by atoms with van der Waals surface area (Å²) in [6, 6.07) is 4.50. The van der Waals surface area contributed by atoms with Gasteiger partial charge >= 0.3 is 0 Å². The fourth-order valence-corrected chi connectivity index (χ4v) is 1.96. The van der Waals surface area contributed by atoms with E-state index in [9.17, 15) is 9.18 Å². The first-order valence-corrected chi connectivity index (χ1v) is 5.49. The van der Waals surface area contributed by atoms with Gasteiger partial charge in [-0.2, -0.15) is 0 Å². The van der Waals surface area contributed by atoms with Crippen LogP contribution in [0.15, 0.2) is 24.4 Å². The molecule has 0 spiro atoms. The molecule has 4 heteroatoms. The monoisotopic (exact) mass is 235 g/mol. The molecule has 0 amide bonds. The summed E-state index contributed by atoms with van der Waals surface area (Å²) in [4.78, 5) is 10.9. The smallest absolute Gasteiger partial charge is 0.152 e. The summed E-state index contributed by atoms with van der Waals surface area (Å²) in [6.07, 6.45) is 3.37. The lowest BCUT2D eigenvalue weighted by molar-refractivity contribution is 0.112. The van der Waals surface area contributed by atoms with Crippen molar-refractivity contribution in [3.05, 3.63) is 35.8 Å². The zero-order chi connectivity index (χ0) is 12.3. The zero-order valence-corrected chi connectivity index (χ0v) is 9.65. The van der Waals surface area contributed by atoms with Crippen molar-refractivity contribution < 1.29 is 13.9 Å². The summed E-state index contributed by atoms with van der Waals surface area (Å²) >= 11 is 0. The van der Waals surface area contributed by atoms with Crippen LogP contribution >= 0.6 is 0 Å². The van der Waals surface area contributed by atoms with Crippen molar-refractivity contribution in [1.29, 1.82) is 0 Å². The summed E-state index contributed by atoms with van der Waals surface area (Å²) < 4.78 is 20.1. The fraction of sp³-hybridized carbons (Fsp3) is 0.308. The molecule has 0 aliphatic carbocycles. The first-order valence-electron chi connectivity index (χ1n) is 5.49. The number of aromatic nitrogens is 1. The number of methoxy groups -OCH3 is 1. The largest absolute Gasteiger partial charge is 0.385 e. The van der Waals surface area contributed by atoms with Crippen LogP contribution in [0.5, 0.6) is 0 Å². The highest BCUT2D eigenvalue weighted by Crippen LogP contribution is 2.21. The number of benzene rings is 1. The van der Waals surface area contributed by atoms with Gasteiger partial charge in [-0.1, -0.05) is 0 Å². The Morgan fingerprint density at radius 2 is 2.29 bits per heavy atom. The molecule has 1 aromatic carbocycles. The number of aryl methyl sites for hydroxylation is 1. The second kappa shape index (κ2) is 5.10. The summed E-state index contributed by atoms with van der Waals surface area (Å²) in [5, 5.41) is 0.664. The number of aldehydes is 1. The predicted octanol–water partition coefficient (Wildman–Crippen LogP) is 2.63. The van der Waals surface area contributed by atoms with Crippen LogP contribution in [0.3, 0.4) is 0 Å². The summed E-state index contributed by atoms with van der Waals surface area (Å²) in [5.74, 6) is -0.324. The molecule has 0 saturated heterocycles. The second-order valence-corrected chi connectivity index (χ2v) is 3.90. The highest BCUT2D eigenvalue weighted by molar-refractivity contribution is 5.97. The molecular formula is C13H14FNO2. The Balaban J connectivity index is 2.39. The number of fused-ring (bicyclic) bond motifs is 1. The van der Waals surface area contributed by atoms with Crippen LogP contribution in [-0.4, -0.2) is 24.6 Å². The Kier molecular flexibility index (Phi) is 3.54. The average molecular weight is 235 g/mol. The number of nitrogens with zero attached hydrogens (tertiary/aromatic N) is 1. The Labute approximate surface area is 98.8 Å². The quantitative estimate of drug-likeness (QED) is 0.589. The Morgan fingerprint density at radius 1 is 1.47 bits per heavy atom. The van der Waals surface area contributed by atoms with Gasteiger partial charge in [0.1, 0.15) is 5.82 Å². The maximum absolute atomic E-state index is 13.1. The molecule has 17 heavy (non-hydrogen) atoms. The van der Waals surface area contributed by atoms with Gasteiger partial charge in [-0.05, 0) is 24.6 Å². The SMILES string of the molecule is COCCCn1cc(C=O)c2cc(F)ccc21. The van der Waals surface area contributed by atoms with Gasteiger partial charge in [-0.15, -0.1) is 0 Å². The Morgan fingerprint density at radius 3 is 3.00 bits per heavy atom. The van der Waals surface area contributed by atoms with E-state index in [4.69, 9.17) is 4.74 Å². The molecule has 0 atom stereocenters. The van der Waals surface area contributed by atoms with Crippen molar-refractivity contribution in [2.24, 2.45) is 0 Å². The van der Waals surface area contributed by atoms with Crippen LogP contribution < -0.4 is 0 Å². The molecule has 1 heterocycles. The molecule has 90 valence electrons.